The molecule has 1 aromatic heterocycles. The van der Waals surface area contributed by atoms with E-state index < -0.39 is 0 Å². The molecule has 0 saturated carbocycles. The van der Waals surface area contributed by atoms with Crippen molar-refractivity contribution in [1.82, 2.24) is 9.56 Å². The number of rotatable bonds is 3. The Morgan fingerprint density at radius 3 is 2.20 bits per heavy atom. The van der Waals surface area contributed by atoms with Crippen LogP contribution in [0.3, 0.4) is 0 Å². The molecule has 2 aliphatic rings. The van der Waals surface area contributed by atoms with Crippen molar-refractivity contribution in [2.75, 3.05) is 0 Å². The van der Waals surface area contributed by atoms with Crippen LogP contribution in [-0.2, 0) is 25.5 Å². The molecule has 5 aromatic rings. The monoisotopic (exact) mass is 698 g/mol. The second-order valence-corrected chi connectivity index (χ2v) is 10.7. The number of nitrogens with zero attached hydrogens (tertiary/aromatic N) is 3. The fourth-order valence-corrected chi connectivity index (χ4v) is 5.63. The molecule has 2 heterocycles. The fourth-order valence-electron chi connectivity index (χ4n) is 5.63. The van der Waals surface area contributed by atoms with Gasteiger partial charge in [0.25, 0.3) is 11.4 Å². The second kappa shape index (κ2) is 11.3. The number of aromatic nitrogens is 1. The Morgan fingerprint density at radius 1 is 0.750 bits per heavy atom. The first-order valence-corrected chi connectivity index (χ1v) is 13.4. The Morgan fingerprint density at radius 2 is 1.48 bits per heavy atom. The van der Waals surface area contributed by atoms with Gasteiger partial charge >= 0.3 is 6.01 Å². The summed E-state index contributed by atoms with van der Waals surface area (Å²) < 4.78 is 4.42. The molecule has 0 atom stereocenters. The van der Waals surface area contributed by atoms with Crippen LogP contribution in [0.15, 0.2) is 109 Å². The zero-order valence-electron chi connectivity index (χ0n) is 23.1. The quantitative estimate of drug-likeness (QED) is 0.137. The van der Waals surface area contributed by atoms with Gasteiger partial charge in [-0.3, -0.25) is 0 Å². The Labute approximate surface area is 250 Å². The largest absolute Gasteiger partial charge is 0.494 e. The molecule has 199 valence electrons. The van der Waals surface area contributed by atoms with E-state index in [4.69, 9.17) is 0 Å². The van der Waals surface area contributed by atoms with Gasteiger partial charge < -0.3 is 4.98 Å². The van der Waals surface area contributed by atoms with Gasteiger partial charge in [-0.2, -0.15) is 12.1 Å². The average Bonchev–Trinajstić information content (AvgIpc) is 3.48. The molecule has 1 aliphatic heterocycles. The molecule has 0 saturated heterocycles. The SMILES string of the molecule is CC(C)[N+]1=C=[N+](c2[c-]ccc3c2C(C)(C)c2ccccc2-3)c2ccccc21.[Ir].[c-]1ccccc1-c1ccccn1. The van der Waals surface area contributed by atoms with E-state index in [1.54, 1.807) is 6.20 Å². The van der Waals surface area contributed by atoms with Crippen molar-refractivity contribution in [2.24, 2.45) is 0 Å². The number of benzene rings is 4. The minimum absolute atomic E-state index is 0. The number of para-hydroxylation sites is 2. The molecule has 1 aliphatic carbocycles. The van der Waals surface area contributed by atoms with E-state index in [-0.39, 0.29) is 25.5 Å². The summed E-state index contributed by atoms with van der Waals surface area (Å²) in [6.45, 7) is 9.03. The molecule has 0 spiro atoms. The summed E-state index contributed by atoms with van der Waals surface area (Å²) >= 11 is 0. The molecular weight excluding hydrogens is 667 g/mol. The van der Waals surface area contributed by atoms with Crippen LogP contribution in [0.4, 0.5) is 17.1 Å². The van der Waals surface area contributed by atoms with Gasteiger partial charge in [-0.05, 0) is 42.1 Å². The molecule has 1 radical (unpaired) electrons. The second-order valence-electron chi connectivity index (χ2n) is 10.7. The molecule has 0 bridgehead atoms. The first-order chi connectivity index (χ1) is 19.0. The van der Waals surface area contributed by atoms with Gasteiger partial charge in [0.15, 0.2) is 6.04 Å². The van der Waals surface area contributed by atoms with Gasteiger partial charge in [0.1, 0.15) is 5.69 Å². The van der Waals surface area contributed by atoms with E-state index in [1.807, 2.05) is 42.5 Å². The molecule has 7 rings (SSSR count). The van der Waals surface area contributed by atoms with Crippen LogP contribution in [0.25, 0.3) is 22.4 Å². The maximum absolute atomic E-state index is 4.22. The van der Waals surface area contributed by atoms with Crippen LogP contribution in [-0.4, -0.2) is 21.6 Å². The van der Waals surface area contributed by atoms with Crippen molar-refractivity contribution >= 4 is 23.1 Å². The van der Waals surface area contributed by atoms with Crippen LogP contribution >= 0.6 is 0 Å². The van der Waals surface area contributed by atoms with Crippen molar-refractivity contribution in [3.8, 4) is 22.4 Å². The van der Waals surface area contributed by atoms with Crippen molar-refractivity contribution in [2.45, 2.75) is 39.2 Å². The van der Waals surface area contributed by atoms with Crippen LogP contribution < -0.4 is 4.58 Å². The van der Waals surface area contributed by atoms with E-state index >= 15 is 0 Å². The number of fused-ring (bicyclic) bond motifs is 4. The fraction of sp³-hybridized carbons (Fsp3) is 0.167. The van der Waals surface area contributed by atoms with Gasteiger partial charge in [0, 0.05) is 38.4 Å². The molecule has 0 amide bonds. The van der Waals surface area contributed by atoms with Crippen molar-refractivity contribution in [3.63, 3.8) is 0 Å². The summed E-state index contributed by atoms with van der Waals surface area (Å²) in [5, 5.41) is 0. The molecule has 0 N–H and O–H groups in total. The topological polar surface area (TPSA) is 18.9 Å². The zero-order valence-corrected chi connectivity index (χ0v) is 25.5. The van der Waals surface area contributed by atoms with Crippen molar-refractivity contribution < 1.29 is 24.7 Å². The van der Waals surface area contributed by atoms with E-state index in [9.17, 15) is 0 Å². The zero-order chi connectivity index (χ0) is 27.0. The molecule has 3 nitrogen and oxygen atoms in total. The first kappa shape index (κ1) is 27.6. The van der Waals surface area contributed by atoms with E-state index in [1.165, 1.54) is 33.6 Å². The van der Waals surface area contributed by atoms with Gasteiger partial charge in [0.05, 0.1) is 0 Å². The summed E-state index contributed by atoms with van der Waals surface area (Å²) in [4.78, 5) is 4.22. The predicted octanol–water partition coefficient (Wildman–Crippen LogP) is 8.41. The predicted molar refractivity (Wildman–Crippen MR) is 159 cm³/mol. The summed E-state index contributed by atoms with van der Waals surface area (Å²) in [5.74, 6) is 0. The van der Waals surface area contributed by atoms with E-state index in [2.05, 4.69) is 121 Å². The third-order valence-electron chi connectivity index (χ3n) is 7.47. The smallest absolute Gasteiger partial charge is 0.305 e. The van der Waals surface area contributed by atoms with Gasteiger partial charge in [-0.25, -0.2) is 0 Å². The normalized spacial score (nSPS) is 13.6. The molecule has 0 fully saturated rings. The molecule has 4 heteroatoms. The molecule has 40 heavy (non-hydrogen) atoms. The Bertz CT molecular complexity index is 1690. The Hall–Kier alpha value is -3.94. The van der Waals surface area contributed by atoms with Gasteiger partial charge in [0.2, 0.25) is 0 Å². The standard InChI is InChI=1S/C25H23N2.C11H8N.Ir/c1-17(2)26-16-27(22-14-8-7-13-21(22)26)23-15-9-11-19-18-10-5-6-12-20(18)25(3,4)24(19)23;1-2-6-10(7-3-1)11-8-4-5-9-12-11;/h5-14,17H,1-4H3;1-6,8-9H;/q+1;-1;. The van der Waals surface area contributed by atoms with Crippen molar-refractivity contribution in [1.29, 1.82) is 0 Å². The summed E-state index contributed by atoms with van der Waals surface area (Å²) in [7, 11) is 0. The summed E-state index contributed by atoms with van der Waals surface area (Å²) in [6.07, 6.45) is 1.79. The molecule has 0 unspecified atom stereocenters. The Kier molecular flexibility index (Phi) is 7.79. The molecule has 4 aromatic carbocycles. The maximum Gasteiger partial charge on any atom is 0.494 e. The summed E-state index contributed by atoms with van der Waals surface area (Å²) in [6, 6.07) is 45.9. The third kappa shape index (κ3) is 4.80. The van der Waals surface area contributed by atoms with Gasteiger partial charge in [-0.1, -0.05) is 77.1 Å². The Balaban J connectivity index is 0.000000209. The van der Waals surface area contributed by atoms with Crippen LogP contribution in [0.5, 0.6) is 0 Å². The maximum atomic E-state index is 4.22. The van der Waals surface area contributed by atoms with Gasteiger partial charge in [-0.15, -0.1) is 47.5 Å². The number of pyridine rings is 1. The third-order valence-corrected chi connectivity index (χ3v) is 7.47. The first-order valence-electron chi connectivity index (χ1n) is 13.4. The van der Waals surface area contributed by atoms with E-state index in [0.717, 1.165) is 16.9 Å². The average molecular weight is 698 g/mol. The van der Waals surface area contributed by atoms with Crippen LogP contribution in [0, 0.1) is 12.1 Å². The van der Waals surface area contributed by atoms with Crippen molar-refractivity contribution in [3.05, 3.63) is 133 Å². The van der Waals surface area contributed by atoms with Crippen LogP contribution in [0.2, 0.25) is 0 Å². The minimum Gasteiger partial charge on any atom is -0.305 e. The van der Waals surface area contributed by atoms with Crippen LogP contribution in [0.1, 0.15) is 38.8 Å². The summed E-state index contributed by atoms with van der Waals surface area (Å²) in [5.41, 5.74) is 10.8. The number of hydrogen-bond acceptors (Lipinski definition) is 1. The van der Waals surface area contributed by atoms with E-state index in [0.29, 0.717) is 6.04 Å². The minimum atomic E-state index is -0.0686. The number of hydrogen-bond donors (Lipinski definition) is 0. The molecular formula is C36H31IrN3.